The molecule has 4 aliphatic rings. The zero-order valence-electron chi connectivity index (χ0n) is 46.5. The Bertz CT molecular complexity index is 3570. The predicted octanol–water partition coefficient (Wildman–Crippen LogP) is 17.6. The van der Waals surface area contributed by atoms with Crippen LogP contribution in [-0.2, 0) is 40.7 Å². The van der Waals surface area contributed by atoms with Crippen molar-refractivity contribution in [2.45, 2.75) is 133 Å². The van der Waals surface area contributed by atoms with Crippen molar-refractivity contribution in [3.05, 3.63) is 221 Å². The van der Waals surface area contributed by atoms with Crippen molar-refractivity contribution in [2.24, 2.45) is 9.98 Å². The van der Waals surface area contributed by atoms with E-state index in [4.69, 9.17) is 20.0 Å². The minimum absolute atomic E-state index is 0. The first-order valence-electron chi connectivity index (χ1n) is 26.9. The van der Waals surface area contributed by atoms with E-state index in [2.05, 4.69) is 218 Å². The number of fused-ring (bicyclic) bond motifs is 8. The van der Waals surface area contributed by atoms with Crippen LogP contribution in [0.15, 0.2) is 153 Å². The second-order valence-corrected chi connectivity index (χ2v) is 23.5. The molecule has 1 radical (unpaired) electrons. The molecule has 0 bridgehead atoms. The van der Waals surface area contributed by atoms with Crippen LogP contribution in [0.2, 0.25) is 0 Å². The van der Waals surface area contributed by atoms with Gasteiger partial charge in [-0.2, -0.15) is 0 Å². The van der Waals surface area contributed by atoms with E-state index in [1.165, 1.54) is 122 Å². The molecule has 0 N–H and O–H groups in total. The summed E-state index contributed by atoms with van der Waals surface area (Å²) in [6.45, 7) is 31.4. The van der Waals surface area contributed by atoms with E-state index in [0.717, 1.165) is 71.3 Å². The summed E-state index contributed by atoms with van der Waals surface area (Å²) in [6, 6.07) is 40.2. The van der Waals surface area contributed by atoms with Crippen molar-refractivity contribution in [1.82, 2.24) is 9.97 Å². The summed E-state index contributed by atoms with van der Waals surface area (Å²) in [5, 5.41) is 4.85. The molecule has 5 heteroatoms. The van der Waals surface area contributed by atoms with E-state index < -0.39 is 0 Å². The molecule has 4 heterocycles. The van der Waals surface area contributed by atoms with E-state index in [1.54, 1.807) is 0 Å². The first-order chi connectivity index (χ1) is 35.3. The monoisotopic (exact) mass is 1030 g/mol. The van der Waals surface area contributed by atoms with Gasteiger partial charge in [-0.05, 0) is 165 Å². The quantitative estimate of drug-likeness (QED) is 0.156. The Morgan fingerprint density at radius 1 is 0.467 bits per heavy atom. The molecule has 0 atom stereocenters. The summed E-state index contributed by atoms with van der Waals surface area (Å²) in [6.07, 6.45) is 8.37. The minimum Gasteiger partial charge on any atom is -0.656 e. The van der Waals surface area contributed by atoms with Crippen molar-refractivity contribution in [3.63, 3.8) is 0 Å². The minimum atomic E-state index is 0. The van der Waals surface area contributed by atoms with Gasteiger partial charge in [0.1, 0.15) is 0 Å². The SMILES string of the molecule is CCC1=C2Cc3ccccc3C2=N/C1=C\c1[n-]c(-c2c(C)cc(C(C)(C)C)cc2C)c2ccc(C)cc12.CCC1=C2Cc3ccccc3C2=N/C1=C\c1[n-]c(-c2c(C)cc(C(C)(C)C)cc2C)c2ccc(C)cc12.[Cu+2]. The molecule has 75 heavy (non-hydrogen) atoms. The van der Waals surface area contributed by atoms with Gasteiger partial charge in [0.05, 0.1) is 22.8 Å². The Balaban J connectivity index is 0.000000169. The van der Waals surface area contributed by atoms with Crippen molar-refractivity contribution in [1.29, 1.82) is 0 Å². The average Bonchev–Trinajstić information content (AvgIpc) is 4.19. The topological polar surface area (TPSA) is 52.9 Å². The number of aryl methyl sites for hydroxylation is 6. The molecule has 2 aromatic heterocycles. The summed E-state index contributed by atoms with van der Waals surface area (Å²) in [7, 11) is 0. The predicted molar refractivity (Wildman–Crippen MR) is 315 cm³/mol. The fourth-order valence-electron chi connectivity index (χ4n) is 12.2. The molecule has 0 amide bonds. The molecule has 8 aromatic rings. The van der Waals surface area contributed by atoms with E-state index in [-0.39, 0.29) is 27.9 Å². The molecule has 0 saturated heterocycles. The first-order valence-corrected chi connectivity index (χ1v) is 26.9. The van der Waals surface area contributed by atoms with Crippen LogP contribution in [0.25, 0.3) is 56.2 Å². The van der Waals surface area contributed by atoms with Crippen LogP contribution in [0.1, 0.15) is 146 Å². The van der Waals surface area contributed by atoms with E-state index >= 15 is 0 Å². The molecule has 0 spiro atoms. The maximum absolute atomic E-state index is 5.32. The summed E-state index contributed by atoms with van der Waals surface area (Å²) >= 11 is 0. The van der Waals surface area contributed by atoms with Gasteiger partial charge >= 0.3 is 17.1 Å². The van der Waals surface area contributed by atoms with Crippen molar-refractivity contribution >= 4 is 45.1 Å². The first kappa shape index (κ1) is 51.7. The Labute approximate surface area is 456 Å². The Hall–Kier alpha value is -6.78. The smallest absolute Gasteiger partial charge is 0.656 e. The summed E-state index contributed by atoms with van der Waals surface area (Å²) in [5.74, 6) is 0. The fraction of sp³-hybridized carbons (Fsp3) is 0.286. The summed E-state index contributed by atoms with van der Waals surface area (Å²) in [4.78, 5) is 21.0. The Kier molecular flexibility index (Phi) is 13.4. The van der Waals surface area contributed by atoms with Gasteiger partial charge in [-0.15, -0.1) is 22.8 Å². The second-order valence-electron chi connectivity index (χ2n) is 23.5. The van der Waals surface area contributed by atoms with Gasteiger partial charge in [-0.1, -0.05) is 188 Å². The number of hydrogen-bond donors (Lipinski definition) is 0. The van der Waals surface area contributed by atoms with Crippen LogP contribution in [0, 0.1) is 41.5 Å². The third-order valence-corrected chi connectivity index (χ3v) is 16.1. The molecule has 0 unspecified atom stereocenters. The molecule has 4 nitrogen and oxygen atoms in total. The molecule has 381 valence electrons. The maximum Gasteiger partial charge on any atom is 2.00 e. The zero-order valence-corrected chi connectivity index (χ0v) is 47.4. The van der Waals surface area contributed by atoms with E-state index in [0.29, 0.717) is 0 Å². The largest absolute Gasteiger partial charge is 2.00 e. The van der Waals surface area contributed by atoms with Gasteiger partial charge in [0.15, 0.2) is 0 Å². The average molecular weight is 1030 g/mol. The van der Waals surface area contributed by atoms with E-state index in [9.17, 15) is 0 Å². The number of allylic oxidation sites excluding steroid dienone is 4. The number of hydrogen-bond acceptors (Lipinski definition) is 2. The van der Waals surface area contributed by atoms with Crippen LogP contribution in [0.3, 0.4) is 0 Å². The van der Waals surface area contributed by atoms with Crippen molar-refractivity contribution in [2.75, 3.05) is 0 Å². The van der Waals surface area contributed by atoms with Crippen LogP contribution in [-0.4, -0.2) is 11.4 Å². The van der Waals surface area contributed by atoms with Gasteiger partial charge in [0.2, 0.25) is 0 Å². The zero-order chi connectivity index (χ0) is 52.1. The molecule has 2 aliphatic carbocycles. The number of nitrogens with zero attached hydrogens (tertiary/aromatic N) is 4. The number of rotatable bonds is 6. The molecule has 2 aliphatic heterocycles. The Morgan fingerprint density at radius 3 is 1.17 bits per heavy atom. The normalized spacial score (nSPS) is 15.9. The van der Waals surface area contributed by atoms with Crippen molar-refractivity contribution < 1.29 is 17.1 Å². The van der Waals surface area contributed by atoms with Gasteiger partial charge in [-0.3, -0.25) is 0 Å². The van der Waals surface area contributed by atoms with Gasteiger partial charge in [-0.25, -0.2) is 9.98 Å². The maximum atomic E-state index is 5.32. The van der Waals surface area contributed by atoms with Gasteiger partial charge in [0, 0.05) is 24.0 Å². The number of aliphatic imine (C=N–C) groups is 2. The summed E-state index contributed by atoms with van der Waals surface area (Å²) in [5.41, 5.74) is 32.7. The van der Waals surface area contributed by atoms with Crippen LogP contribution < -0.4 is 9.97 Å². The molecule has 12 rings (SSSR count). The van der Waals surface area contributed by atoms with Crippen molar-refractivity contribution in [3.8, 4) is 22.5 Å². The van der Waals surface area contributed by atoms with Crippen LogP contribution >= 0.6 is 0 Å². The summed E-state index contributed by atoms with van der Waals surface area (Å²) < 4.78 is 0. The fourth-order valence-corrected chi connectivity index (χ4v) is 12.2. The van der Waals surface area contributed by atoms with Crippen LogP contribution in [0.5, 0.6) is 0 Å². The third kappa shape index (κ3) is 9.10. The Morgan fingerprint density at radius 2 is 0.827 bits per heavy atom. The van der Waals surface area contributed by atoms with E-state index in [1.807, 2.05) is 0 Å². The van der Waals surface area contributed by atoms with Crippen LogP contribution in [0.4, 0.5) is 0 Å². The van der Waals surface area contributed by atoms with Gasteiger partial charge in [0.25, 0.3) is 0 Å². The molecular formula is C70H70CuN4. The number of benzene rings is 6. The molecule has 0 saturated carbocycles. The molecular weight excluding hydrogens is 960 g/mol. The number of aromatic nitrogens is 2. The second kappa shape index (κ2) is 19.4. The standard InChI is InChI=1S/2C35H35N2.Cu/c2*1-8-25-29-18-23-11-9-10-12-26(23)33(29)36-30(25)19-31-28-15-20(2)13-14-27(28)34(37-31)32-21(3)16-24(17-22(32)4)35(5,6)7;/h2*9-17,19H,8,18H2,1-7H3;/q2*-1;+2/b2*30-19-;. The third-order valence-electron chi connectivity index (χ3n) is 16.1. The van der Waals surface area contributed by atoms with Gasteiger partial charge < -0.3 is 9.97 Å². The molecule has 0 fully saturated rings. The molecule has 6 aromatic carbocycles.